The molecule has 5 heteroatoms. The van der Waals surface area contributed by atoms with E-state index in [4.69, 9.17) is 0 Å². The largest absolute Gasteiger partial charge is 0.356 e. The van der Waals surface area contributed by atoms with Gasteiger partial charge >= 0.3 is 0 Å². The van der Waals surface area contributed by atoms with Gasteiger partial charge < -0.3 is 10.3 Å². The number of amides is 1. The number of hydrogen-bond acceptors (Lipinski definition) is 3. The smallest absolute Gasteiger partial charge is 0.258 e. The van der Waals surface area contributed by atoms with E-state index in [1.54, 1.807) is 6.07 Å². The zero-order valence-electron chi connectivity index (χ0n) is 13.5. The number of aromatic amines is 1. The molecule has 2 aliphatic rings. The fraction of sp³-hybridized carbons (Fsp3) is 0.421. The first-order chi connectivity index (χ1) is 11.7. The van der Waals surface area contributed by atoms with Crippen LogP contribution < -0.4 is 10.9 Å². The zero-order valence-corrected chi connectivity index (χ0v) is 13.5. The van der Waals surface area contributed by atoms with Crippen molar-refractivity contribution in [3.8, 4) is 0 Å². The third-order valence-electron chi connectivity index (χ3n) is 5.23. The van der Waals surface area contributed by atoms with Gasteiger partial charge in [-0.05, 0) is 42.7 Å². The van der Waals surface area contributed by atoms with Crippen molar-refractivity contribution >= 4 is 16.8 Å². The van der Waals surface area contributed by atoms with E-state index in [1.165, 1.54) is 12.8 Å². The van der Waals surface area contributed by atoms with Gasteiger partial charge in [0.1, 0.15) is 5.82 Å². The highest BCUT2D eigenvalue weighted by Crippen LogP contribution is 2.42. The standard InChI is InChI=1S/C19H21N3O2/c23-18(20-11-14-10-12-5-6-13(14)9-12)8-7-17-21-16-4-2-1-3-15(16)19(24)22-17/h1-6,12-14H,7-11H2,(H,20,23)(H,21,22,24)/t12-,13-,14-/m0/s1. The van der Waals surface area contributed by atoms with Gasteiger partial charge in [0.2, 0.25) is 5.91 Å². The second-order valence-corrected chi connectivity index (χ2v) is 6.87. The summed E-state index contributed by atoms with van der Waals surface area (Å²) in [6.07, 6.45) is 7.85. The van der Waals surface area contributed by atoms with Gasteiger partial charge in [-0.3, -0.25) is 9.59 Å². The Labute approximate surface area is 140 Å². The van der Waals surface area contributed by atoms with Gasteiger partial charge in [0.05, 0.1) is 10.9 Å². The van der Waals surface area contributed by atoms with Crippen LogP contribution in [-0.4, -0.2) is 22.4 Å². The molecule has 1 fully saturated rings. The van der Waals surface area contributed by atoms with E-state index in [0.717, 1.165) is 12.5 Å². The van der Waals surface area contributed by atoms with Crippen molar-refractivity contribution in [2.45, 2.75) is 25.7 Å². The lowest BCUT2D eigenvalue weighted by Crippen LogP contribution is -2.31. The number of carbonyl (C=O) groups is 1. The van der Waals surface area contributed by atoms with Crippen LogP contribution in [0.2, 0.25) is 0 Å². The van der Waals surface area contributed by atoms with Crippen molar-refractivity contribution in [3.05, 3.63) is 52.6 Å². The minimum Gasteiger partial charge on any atom is -0.356 e. The molecule has 24 heavy (non-hydrogen) atoms. The maximum absolute atomic E-state index is 12.1. The second kappa shape index (κ2) is 6.23. The van der Waals surface area contributed by atoms with Crippen molar-refractivity contribution < 1.29 is 4.79 Å². The van der Waals surface area contributed by atoms with Crippen LogP contribution in [0, 0.1) is 17.8 Å². The lowest BCUT2D eigenvalue weighted by Gasteiger charge is -2.18. The number of benzene rings is 1. The Balaban J connectivity index is 1.32. The topological polar surface area (TPSA) is 74.8 Å². The van der Waals surface area contributed by atoms with Crippen LogP contribution in [0.4, 0.5) is 0 Å². The molecule has 0 aliphatic heterocycles. The summed E-state index contributed by atoms with van der Waals surface area (Å²) in [4.78, 5) is 31.3. The highest BCUT2D eigenvalue weighted by Gasteiger charge is 2.35. The fourth-order valence-electron chi connectivity index (χ4n) is 3.95. The number of aryl methyl sites for hydroxylation is 1. The quantitative estimate of drug-likeness (QED) is 0.828. The van der Waals surface area contributed by atoms with Crippen LogP contribution >= 0.6 is 0 Å². The molecule has 124 valence electrons. The Morgan fingerprint density at radius 2 is 2.12 bits per heavy atom. The summed E-state index contributed by atoms with van der Waals surface area (Å²) in [6.45, 7) is 0.756. The van der Waals surface area contributed by atoms with Crippen molar-refractivity contribution in [2.75, 3.05) is 6.54 Å². The van der Waals surface area contributed by atoms with Crippen LogP contribution in [0.15, 0.2) is 41.2 Å². The number of allylic oxidation sites excluding steroid dienone is 2. The number of nitrogens with one attached hydrogen (secondary N) is 2. The van der Waals surface area contributed by atoms with Crippen molar-refractivity contribution in [2.24, 2.45) is 17.8 Å². The Hall–Kier alpha value is -2.43. The van der Waals surface area contributed by atoms with Gasteiger partial charge in [-0.1, -0.05) is 24.3 Å². The van der Waals surface area contributed by atoms with Gasteiger partial charge in [0, 0.05) is 19.4 Å². The summed E-state index contributed by atoms with van der Waals surface area (Å²) in [7, 11) is 0. The minimum atomic E-state index is -0.148. The van der Waals surface area contributed by atoms with Crippen molar-refractivity contribution in [3.63, 3.8) is 0 Å². The third-order valence-corrected chi connectivity index (χ3v) is 5.23. The fourth-order valence-corrected chi connectivity index (χ4v) is 3.95. The molecule has 4 rings (SSSR count). The van der Waals surface area contributed by atoms with E-state index < -0.39 is 0 Å². The second-order valence-electron chi connectivity index (χ2n) is 6.87. The number of para-hydroxylation sites is 1. The number of aromatic nitrogens is 2. The normalized spacial score (nSPS) is 24.6. The Morgan fingerprint density at radius 3 is 2.92 bits per heavy atom. The van der Waals surface area contributed by atoms with Crippen LogP contribution in [0.1, 0.15) is 25.1 Å². The first-order valence-corrected chi connectivity index (χ1v) is 8.62. The number of carbonyl (C=O) groups excluding carboxylic acids is 1. The van der Waals surface area contributed by atoms with E-state index in [2.05, 4.69) is 27.4 Å². The molecule has 2 aromatic rings. The molecule has 1 heterocycles. The SMILES string of the molecule is O=C(CCc1nc2ccccc2c(=O)[nH]1)NC[C@@H]1C[C@H]2C=C[C@H]1C2. The highest BCUT2D eigenvalue weighted by molar-refractivity contribution is 5.78. The molecular formula is C19H21N3O2. The summed E-state index contributed by atoms with van der Waals surface area (Å²) in [5.41, 5.74) is 0.523. The average molecular weight is 323 g/mol. The highest BCUT2D eigenvalue weighted by atomic mass is 16.1. The number of fused-ring (bicyclic) bond motifs is 3. The van der Waals surface area contributed by atoms with Crippen LogP contribution in [-0.2, 0) is 11.2 Å². The summed E-state index contributed by atoms with van der Waals surface area (Å²) in [6, 6.07) is 7.24. The number of hydrogen-bond donors (Lipinski definition) is 2. The summed E-state index contributed by atoms with van der Waals surface area (Å²) < 4.78 is 0. The van der Waals surface area contributed by atoms with Gasteiger partial charge in [-0.15, -0.1) is 0 Å². The van der Waals surface area contributed by atoms with Gasteiger partial charge in [0.15, 0.2) is 0 Å². The molecule has 0 saturated heterocycles. The number of rotatable bonds is 5. The average Bonchev–Trinajstić information content (AvgIpc) is 3.21. The molecule has 2 N–H and O–H groups in total. The lowest BCUT2D eigenvalue weighted by molar-refractivity contribution is -0.121. The van der Waals surface area contributed by atoms with E-state index in [0.29, 0.717) is 41.4 Å². The molecule has 1 aromatic heterocycles. The predicted octanol–water partition coefficient (Wildman–Crippen LogP) is 2.18. The Kier molecular flexibility index (Phi) is 3.92. The molecule has 3 atom stereocenters. The van der Waals surface area contributed by atoms with E-state index in [9.17, 15) is 9.59 Å². The van der Waals surface area contributed by atoms with Gasteiger partial charge in [-0.25, -0.2) is 4.98 Å². The number of H-pyrrole nitrogens is 1. The maximum Gasteiger partial charge on any atom is 0.258 e. The van der Waals surface area contributed by atoms with Gasteiger partial charge in [-0.2, -0.15) is 0 Å². The molecule has 0 unspecified atom stereocenters. The molecule has 1 saturated carbocycles. The molecule has 5 nitrogen and oxygen atoms in total. The molecule has 1 aromatic carbocycles. The molecule has 1 amide bonds. The summed E-state index contributed by atoms with van der Waals surface area (Å²) in [5.74, 6) is 2.55. The predicted molar refractivity (Wildman–Crippen MR) is 92.5 cm³/mol. The molecule has 2 aliphatic carbocycles. The summed E-state index contributed by atoms with van der Waals surface area (Å²) in [5, 5.41) is 3.62. The summed E-state index contributed by atoms with van der Waals surface area (Å²) >= 11 is 0. The van der Waals surface area contributed by atoms with E-state index in [-0.39, 0.29) is 11.5 Å². The molecule has 2 bridgehead atoms. The third kappa shape index (κ3) is 2.98. The Morgan fingerprint density at radius 1 is 1.25 bits per heavy atom. The molecular weight excluding hydrogens is 302 g/mol. The van der Waals surface area contributed by atoms with Crippen molar-refractivity contribution in [1.29, 1.82) is 0 Å². The monoisotopic (exact) mass is 323 g/mol. The van der Waals surface area contributed by atoms with Crippen LogP contribution in [0.3, 0.4) is 0 Å². The Bertz CT molecular complexity index is 855. The zero-order chi connectivity index (χ0) is 16.5. The maximum atomic E-state index is 12.1. The van der Waals surface area contributed by atoms with Gasteiger partial charge in [0.25, 0.3) is 5.56 Å². The van der Waals surface area contributed by atoms with E-state index >= 15 is 0 Å². The molecule has 0 spiro atoms. The van der Waals surface area contributed by atoms with Crippen LogP contribution in [0.5, 0.6) is 0 Å². The molecule has 0 radical (unpaired) electrons. The van der Waals surface area contributed by atoms with E-state index in [1.807, 2.05) is 18.2 Å². The minimum absolute atomic E-state index is 0.0255. The van der Waals surface area contributed by atoms with Crippen molar-refractivity contribution in [1.82, 2.24) is 15.3 Å². The van der Waals surface area contributed by atoms with Crippen LogP contribution in [0.25, 0.3) is 10.9 Å². The number of nitrogens with zero attached hydrogens (tertiary/aromatic N) is 1. The first-order valence-electron chi connectivity index (χ1n) is 8.62. The first kappa shape index (κ1) is 15.1. The lowest BCUT2D eigenvalue weighted by atomic mass is 9.93.